The number of nitrogens with one attached hydrogen (secondary N) is 1. The molecule has 2 rings (SSSR count). The number of hydrogen-bond donors (Lipinski definition) is 1. The van der Waals surface area contributed by atoms with Crippen molar-refractivity contribution in [2.45, 2.75) is 45.7 Å². The summed E-state index contributed by atoms with van der Waals surface area (Å²) >= 11 is 18.3. The molecule has 0 fully saturated rings. The summed E-state index contributed by atoms with van der Waals surface area (Å²) in [4.78, 5) is 27.3. The van der Waals surface area contributed by atoms with Gasteiger partial charge in [0.2, 0.25) is 11.8 Å². The molecule has 0 aromatic heterocycles. The first-order valence-corrected chi connectivity index (χ1v) is 10.7. The lowest BCUT2D eigenvalue weighted by Gasteiger charge is -2.29. The minimum atomic E-state index is -0.640. The molecule has 0 bridgehead atoms. The predicted octanol–water partition coefficient (Wildman–Crippen LogP) is 5.52. The van der Waals surface area contributed by atoms with Gasteiger partial charge >= 0.3 is 0 Å². The third kappa shape index (κ3) is 6.91. The largest absolute Gasteiger partial charge is 0.354 e. The van der Waals surface area contributed by atoms with Crippen LogP contribution in [0.25, 0.3) is 0 Å². The van der Waals surface area contributed by atoms with Gasteiger partial charge in [-0.1, -0.05) is 72.4 Å². The first-order chi connectivity index (χ1) is 13.8. The van der Waals surface area contributed by atoms with Crippen molar-refractivity contribution in [2.24, 2.45) is 0 Å². The summed E-state index contributed by atoms with van der Waals surface area (Å²) in [5.41, 5.74) is 1.51. The Morgan fingerprint density at radius 3 is 2.41 bits per heavy atom. The molecule has 1 N–H and O–H groups in total. The molecule has 1 atom stereocenters. The second-order valence-electron chi connectivity index (χ2n) is 6.86. The minimum Gasteiger partial charge on any atom is -0.354 e. The smallest absolute Gasteiger partial charge is 0.242 e. The molecule has 0 heterocycles. The maximum atomic E-state index is 13.1. The molecule has 2 amide bonds. The molecule has 156 valence electrons. The van der Waals surface area contributed by atoms with E-state index in [0.29, 0.717) is 21.6 Å². The number of carbonyl (C=O) groups excluding carboxylic acids is 2. The van der Waals surface area contributed by atoms with E-state index in [4.69, 9.17) is 34.8 Å². The Labute approximate surface area is 187 Å². The fraction of sp³-hybridized carbons (Fsp3) is 0.364. The standard InChI is InChI=1S/C22H25Cl3N2O2/c1-3-4-11-26-22(29)15(2)27(14-17-7-5-6-8-18(17)23)21(28)13-16-9-10-19(24)20(25)12-16/h5-10,12,15H,3-4,11,13-14H2,1-2H3,(H,26,29)/t15-/m0/s1. The predicted molar refractivity (Wildman–Crippen MR) is 120 cm³/mol. The SMILES string of the molecule is CCCCNC(=O)[C@H](C)N(Cc1ccccc1Cl)C(=O)Cc1ccc(Cl)c(Cl)c1. The van der Waals surface area contributed by atoms with Gasteiger partial charge in [-0.25, -0.2) is 0 Å². The summed E-state index contributed by atoms with van der Waals surface area (Å²) in [6.07, 6.45) is 1.97. The molecule has 0 saturated carbocycles. The summed E-state index contributed by atoms with van der Waals surface area (Å²) < 4.78 is 0. The Morgan fingerprint density at radius 2 is 1.76 bits per heavy atom. The van der Waals surface area contributed by atoms with Crippen LogP contribution in [0, 0.1) is 0 Å². The molecule has 0 spiro atoms. The van der Waals surface area contributed by atoms with Crippen molar-refractivity contribution in [1.29, 1.82) is 0 Å². The minimum absolute atomic E-state index is 0.105. The van der Waals surface area contributed by atoms with Crippen molar-refractivity contribution in [1.82, 2.24) is 10.2 Å². The molecule has 0 radical (unpaired) electrons. The first kappa shape index (κ1) is 23.5. The lowest BCUT2D eigenvalue weighted by Crippen LogP contribution is -2.48. The van der Waals surface area contributed by atoms with Gasteiger partial charge in [0.1, 0.15) is 6.04 Å². The Bertz CT molecular complexity index is 858. The Balaban J connectivity index is 2.22. The topological polar surface area (TPSA) is 49.4 Å². The molecule has 0 aliphatic rings. The second-order valence-corrected chi connectivity index (χ2v) is 8.08. The van der Waals surface area contributed by atoms with E-state index < -0.39 is 6.04 Å². The van der Waals surface area contributed by atoms with E-state index in [-0.39, 0.29) is 24.8 Å². The molecule has 29 heavy (non-hydrogen) atoms. The number of hydrogen-bond acceptors (Lipinski definition) is 2. The lowest BCUT2D eigenvalue weighted by molar-refractivity contribution is -0.140. The summed E-state index contributed by atoms with van der Waals surface area (Å²) in [5, 5.41) is 4.27. The molecule has 7 heteroatoms. The monoisotopic (exact) mass is 454 g/mol. The summed E-state index contributed by atoms with van der Waals surface area (Å²) in [5.74, 6) is -0.380. The molecule has 2 aromatic rings. The molecule has 4 nitrogen and oxygen atoms in total. The van der Waals surface area contributed by atoms with Gasteiger partial charge in [-0.2, -0.15) is 0 Å². The van der Waals surface area contributed by atoms with Crippen LogP contribution in [-0.4, -0.2) is 29.3 Å². The zero-order chi connectivity index (χ0) is 21.4. The van der Waals surface area contributed by atoms with Crippen molar-refractivity contribution in [3.8, 4) is 0 Å². The molecule has 0 unspecified atom stereocenters. The highest BCUT2D eigenvalue weighted by molar-refractivity contribution is 6.42. The van der Waals surface area contributed by atoms with Crippen LogP contribution in [0.1, 0.15) is 37.8 Å². The summed E-state index contributed by atoms with van der Waals surface area (Å²) in [6.45, 7) is 4.60. The maximum Gasteiger partial charge on any atom is 0.242 e. The van der Waals surface area contributed by atoms with E-state index >= 15 is 0 Å². The van der Waals surface area contributed by atoms with Crippen LogP contribution >= 0.6 is 34.8 Å². The molecular formula is C22H25Cl3N2O2. The van der Waals surface area contributed by atoms with Crippen molar-refractivity contribution >= 4 is 46.6 Å². The normalized spacial score (nSPS) is 11.8. The van der Waals surface area contributed by atoms with Gasteiger partial charge in [0.15, 0.2) is 0 Å². The molecule has 0 saturated heterocycles. The Morgan fingerprint density at radius 1 is 1.03 bits per heavy atom. The van der Waals surface area contributed by atoms with E-state index in [9.17, 15) is 9.59 Å². The molecule has 0 aliphatic carbocycles. The third-order valence-corrected chi connectivity index (χ3v) is 5.74. The summed E-state index contributed by atoms with van der Waals surface area (Å²) in [6, 6.07) is 11.7. The van der Waals surface area contributed by atoms with E-state index in [1.807, 2.05) is 18.2 Å². The number of nitrogens with zero attached hydrogens (tertiary/aromatic N) is 1. The van der Waals surface area contributed by atoms with Crippen molar-refractivity contribution < 1.29 is 9.59 Å². The van der Waals surface area contributed by atoms with E-state index in [2.05, 4.69) is 12.2 Å². The van der Waals surface area contributed by atoms with Crippen LogP contribution in [0.4, 0.5) is 0 Å². The van der Waals surface area contributed by atoms with Gasteiger partial charge in [0, 0.05) is 18.1 Å². The zero-order valence-electron chi connectivity index (χ0n) is 16.6. The Kier molecular flexibility index (Phi) is 9.28. The maximum absolute atomic E-state index is 13.1. The van der Waals surface area contributed by atoms with E-state index in [1.165, 1.54) is 0 Å². The second kappa shape index (κ2) is 11.4. The number of halogens is 3. The van der Waals surface area contributed by atoms with Gasteiger partial charge in [-0.15, -0.1) is 0 Å². The molecule has 2 aromatic carbocycles. The average Bonchev–Trinajstić information content (AvgIpc) is 2.69. The number of rotatable bonds is 9. The highest BCUT2D eigenvalue weighted by Crippen LogP contribution is 2.24. The van der Waals surface area contributed by atoms with Crippen LogP contribution in [0.3, 0.4) is 0 Å². The molecular weight excluding hydrogens is 431 g/mol. The van der Waals surface area contributed by atoms with Gasteiger partial charge in [-0.05, 0) is 42.7 Å². The zero-order valence-corrected chi connectivity index (χ0v) is 18.8. The van der Waals surface area contributed by atoms with Gasteiger partial charge in [0.05, 0.1) is 16.5 Å². The number of benzene rings is 2. The Hall–Kier alpha value is -1.75. The van der Waals surface area contributed by atoms with Gasteiger partial charge in [0.25, 0.3) is 0 Å². The van der Waals surface area contributed by atoms with Crippen LogP contribution in [0.5, 0.6) is 0 Å². The quantitative estimate of drug-likeness (QED) is 0.506. The molecule has 0 aliphatic heterocycles. The van der Waals surface area contributed by atoms with Crippen LogP contribution in [0.15, 0.2) is 42.5 Å². The summed E-state index contributed by atoms with van der Waals surface area (Å²) in [7, 11) is 0. The van der Waals surface area contributed by atoms with Crippen LogP contribution in [0.2, 0.25) is 15.1 Å². The van der Waals surface area contributed by atoms with Gasteiger partial charge in [-0.3, -0.25) is 9.59 Å². The average molecular weight is 456 g/mol. The van der Waals surface area contributed by atoms with E-state index in [0.717, 1.165) is 24.0 Å². The van der Waals surface area contributed by atoms with Crippen molar-refractivity contribution in [2.75, 3.05) is 6.54 Å². The first-order valence-electron chi connectivity index (χ1n) is 9.58. The van der Waals surface area contributed by atoms with Gasteiger partial charge < -0.3 is 10.2 Å². The fourth-order valence-electron chi connectivity index (χ4n) is 2.85. The fourth-order valence-corrected chi connectivity index (χ4v) is 3.37. The van der Waals surface area contributed by atoms with Crippen LogP contribution in [-0.2, 0) is 22.6 Å². The number of amides is 2. The highest BCUT2D eigenvalue weighted by atomic mass is 35.5. The van der Waals surface area contributed by atoms with Crippen molar-refractivity contribution in [3.05, 3.63) is 68.7 Å². The van der Waals surface area contributed by atoms with Crippen molar-refractivity contribution in [3.63, 3.8) is 0 Å². The van der Waals surface area contributed by atoms with Crippen LogP contribution < -0.4 is 5.32 Å². The number of carbonyl (C=O) groups is 2. The highest BCUT2D eigenvalue weighted by Gasteiger charge is 2.26. The third-order valence-electron chi connectivity index (χ3n) is 4.63. The number of unbranched alkanes of at least 4 members (excludes halogenated alkanes) is 1. The lowest BCUT2D eigenvalue weighted by atomic mass is 10.1. The van der Waals surface area contributed by atoms with E-state index in [1.54, 1.807) is 36.1 Å².